The lowest BCUT2D eigenvalue weighted by atomic mass is 10.0. The Morgan fingerprint density at radius 1 is 1.41 bits per heavy atom. The Bertz CT molecular complexity index is 605. The summed E-state index contributed by atoms with van der Waals surface area (Å²) in [6, 6.07) is 2.17. The number of halogens is 1. The number of likely N-dealkylation sites (tertiary alicyclic amines) is 1. The predicted molar refractivity (Wildman–Crippen MR) is 91.2 cm³/mol. The highest BCUT2D eigenvalue weighted by Crippen LogP contribution is 2.13. The molecule has 1 saturated heterocycles. The van der Waals surface area contributed by atoms with Crippen LogP contribution in [-0.4, -0.2) is 46.3 Å². The molecule has 1 amide bonds. The van der Waals surface area contributed by atoms with Gasteiger partial charge in [-0.05, 0) is 40.2 Å². The number of carbonyl (C=O) groups excluding carboxylic acids is 1. The van der Waals surface area contributed by atoms with E-state index in [0.29, 0.717) is 6.04 Å². The van der Waals surface area contributed by atoms with Gasteiger partial charge in [0.05, 0.1) is 17.2 Å². The van der Waals surface area contributed by atoms with E-state index in [9.17, 15) is 4.79 Å². The van der Waals surface area contributed by atoms with Crippen LogP contribution in [0.4, 0.5) is 0 Å². The lowest BCUT2D eigenvalue weighted by molar-refractivity contribution is 0.0910. The molecule has 2 aromatic rings. The third-order valence-corrected chi connectivity index (χ3v) is 5.05. The van der Waals surface area contributed by atoms with Crippen molar-refractivity contribution in [2.45, 2.75) is 25.4 Å². The molecule has 118 valence electrons. The van der Waals surface area contributed by atoms with Gasteiger partial charge in [-0.2, -0.15) is 16.4 Å². The zero-order valence-corrected chi connectivity index (χ0v) is 14.6. The molecule has 1 N–H and O–H groups in total. The van der Waals surface area contributed by atoms with Gasteiger partial charge in [-0.15, -0.1) is 0 Å². The summed E-state index contributed by atoms with van der Waals surface area (Å²) in [4.78, 5) is 14.5. The number of thiophene rings is 1. The summed E-state index contributed by atoms with van der Waals surface area (Å²) < 4.78 is 2.97. The quantitative estimate of drug-likeness (QED) is 0.864. The monoisotopic (exact) mass is 382 g/mol. The maximum Gasteiger partial charge on any atom is 0.252 e. The number of nitrogens with zero attached hydrogens (tertiary/aromatic N) is 3. The highest BCUT2D eigenvalue weighted by Gasteiger charge is 2.21. The van der Waals surface area contributed by atoms with Crippen molar-refractivity contribution in [1.82, 2.24) is 20.0 Å². The van der Waals surface area contributed by atoms with Gasteiger partial charge >= 0.3 is 0 Å². The van der Waals surface area contributed by atoms with Crippen LogP contribution in [0.2, 0.25) is 0 Å². The Labute approximate surface area is 142 Å². The van der Waals surface area contributed by atoms with Gasteiger partial charge in [0.2, 0.25) is 0 Å². The second-order valence-electron chi connectivity index (χ2n) is 5.52. The first-order valence-electron chi connectivity index (χ1n) is 7.44. The number of amides is 1. The fourth-order valence-electron chi connectivity index (χ4n) is 2.67. The summed E-state index contributed by atoms with van der Waals surface area (Å²) in [7, 11) is 0. The van der Waals surface area contributed by atoms with Crippen LogP contribution in [0.15, 0.2) is 33.7 Å². The number of aromatic nitrogens is 2. The van der Waals surface area contributed by atoms with Crippen molar-refractivity contribution >= 4 is 33.2 Å². The lowest BCUT2D eigenvalue weighted by Gasteiger charge is -2.32. The number of carbonyl (C=O) groups is 1. The molecule has 1 fully saturated rings. The molecule has 0 unspecified atom stereocenters. The second-order valence-corrected chi connectivity index (χ2v) is 7.22. The average Bonchev–Trinajstić information content (AvgIpc) is 3.18. The van der Waals surface area contributed by atoms with Crippen molar-refractivity contribution in [3.63, 3.8) is 0 Å². The van der Waals surface area contributed by atoms with Gasteiger partial charge < -0.3 is 10.2 Å². The highest BCUT2D eigenvalue weighted by atomic mass is 79.9. The Kier molecular flexibility index (Phi) is 5.28. The molecule has 0 spiro atoms. The molecule has 0 bridgehead atoms. The number of piperidine rings is 1. The van der Waals surface area contributed by atoms with Crippen molar-refractivity contribution in [3.8, 4) is 0 Å². The van der Waals surface area contributed by atoms with E-state index in [-0.39, 0.29) is 5.91 Å². The molecular weight excluding hydrogens is 364 g/mol. The van der Waals surface area contributed by atoms with Crippen LogP contribution in [0.5, 0.6) is 0 Å². The minimum atomic E-state index is 0.0566. The van der Waals surface area contributed by atoms with Crippen molar-refractivity contribution in [3.05, 3.63) is 39.3 Å². The van der Waals surface area contributed by atoms with Crippen molar-refractivity contribution in [2.24, 2.45) is 0 Å². The normalized spacial score (nSPS) is 16.8. The van der Waals surface area contributed by atoms with Crippen LogP contribution in [0.3, 0.4) is 0 Å². The zero-order valence-electron chi connectivity index (χ0n) is 12.2. The summed E-state index contributed by atoms with van der Waals surface area (Å²) in [5.74, 6) is 0.0566. The molecule has 7 heteroatoms. The smallest absolute Gasteiger partial charge is 0.252 e. The van der Waals surface area contributed by atoms with Crippen LogP contribution in [0.1, 0.15) is 23.2 Å². The van der Waals surface area contributed by atoms with Gasteiger partial charge in [0.25, 0.3) is 5.91 Å². The number of hydrogen-bond acceptors (Lipinski definition) is 4. The SMILES string of the molecule is O=C(NC1CCN(CCn2cc(Br)cn2)CC1)c1ccsc1. The summed E-state index contributed by atoms with van der Waals surface area (Å²) in [6.07, 6.45) is 5.83. The summed E-state index contributed by atoms with van der Waals surface area (Å²) in [6.45, 7) is 3.95. The van der Waals surface area contributed by atoms with Gasteiger partial charge in [-0.1, -0.05) is 0 Å². The predicted octanol–water partition coefficient (Wildman–Crippen LogP) is 2.60. The molecule has 0 saturated carbocycles. The number of hydrogen-bond donors (Lipinski definition) is 1. The molecule has 3 heterocycles. The first-order valence-corrected chi connectivity index (χ1v) is 9.17. The molecule has 0 aromatic carbocycles. The fourth-order valence-corrected chi connectivity index (χ4v) is 3.63. The Hall–Kier alpha value is -1.18. The first-order chi connectivity index (χ1) is 10.7. The third kappa shape index (κ3) is 4.18. The van der Waals surface area contributed by atoms with Crippen molar-refractivity contribution in [1.29, 1.82) is 0 Å². The van der Waals surface area contributed by atoms with Gasteiger partial charge in [0.1, 0.15) is 0 Å². The third-order valence-electron chi connectivity index (χ3n) is 3.95. The average molecular weight is 383 g/mol. The zero-order chi connectivity index (χ0) is 15.4. The maximum atomic E-state index is 12.0. The van der Waals surface area contributed by atoms with Crippen LogP contribution in [0.25, 0.3) is 0 Å². The fraction of sp³-hybridized carbons (Fsp3) is 0.467. The summed E-state index contributed by atoms with van der Waals surface area (Å²) in [5, 5.41) is 11.2. The Balaban J connectivity index is 1.39. The van der Waals surface area contributed by atoms with Crippen LogP contribution < -0.4 is 5.32 Å². The van der Waals surface area contributed by atoms with Gasteiger partial charge in [-0.25, -0.2) is 0 Å². The topological polar surface area (TPSA) is 50.2 Å². The first kappa shape index (κ1) is 15.7. The highest BCUT2D eigenvalue weighted by molar-refractivity contribution is 9.10. The van der Waals surface area contributed by atoms with Gasteiger partial charge in [-0.3, -0.25) is 9.48 Å². The van der Waals surface area contributed by atoms with Crippen LogP contribution >= 0.6 is 27.3 Å². The van der Waals surface area contributed by atoms with E-state index in [2.05, 4.69) is 31.2 Å². The molecule has 1 aliphatic heterocycles. The Morgan fingerprint density at radius 3 is 2.86 bits per heavy atom. The van der Waals surface area contributed by atoms with Crippen molar-refractivity contribution in [2.75, 3.05) is 19.6 Å². The van der Waals surface area contributed by atoms with E-state index in [4.69, 9.17) is 0 Å². The summed E-state index contributed by atoms with van der Waals surface area (Å²) in [5.41, 5.74) is 0.775. The van der Waals surface area contributed by atoms with E-state index >= 15 is 0 Å². The van der Waals surface area contributed by atoms with Gasteiger partial charge in [0.15, 0.2) is 0 Å². The standard InChI is InChI=1S/C15H19BrN4OS/c16-13-9-17-20(10-13)7-6-19-4-1-14(2-5-19)18-15(21)12-3-8-22-11-12/h3,8-11,14H,1-2,4-7H2,(H,18,21). The minimum Gasteiger partial charge on any atom is -0.349 e. The van der Waals surface area contributed by atoms with Gasteiger partial charge in [0, 0.05) is 42.8 Å². The van der Waals surface area contributed by atoms with Crippen LogP contribution in [-0.2, 0) is 6.54 Å². The second kappa shape index (κ2) is 7.39. The molecule has 1 aliphatic rings. The molecule has 2 aromatic heterocycles. The molecule has 0 atom stereocenters. The van der Waals surface area contributed by atoms with E-state index in [1.807, 2.05) is 33.9 Å². The van der Waals surface area contributed by atoms with E-state index < -0.39 is 0 Å². The Morgan fingerprint density at radius 2 is 2.23 bits per heavy atom. The van der Waals surface area contributed by atoms with Crippen LogP contribution in [0, 0.1) is 0 Å². The van der Waals surface area contributed by atoms with E-state index in [0.717, 1.165) is 49.1 Å². The van der Waals surface area contributed by atoms with Crippen molar-refractivity contribution < 1.29 is 4.79 Å². The van der Waals surface area contributed by atoms with E-state index in [1.54, 1.807) is 11.3 Å². The minimum absolute atomic E-state index is 0.0566. The number of rotatable bonds is 5. The largest absolute Gasteiger partial charge is 0.349 e. The lowest BCUT2D eigenvalue weighted by Crippen LogP contribution is -2.45. The molecule has 5 nitrogen and oxygen atoms in total. The molecular formula is C15H19BrN4OS. The molecule has 22 heavy (non-hydrogen) atoms. The molecule has 3 rings (SSSR count). The maximum absolute atomic E-state index is 12.0. The molecule has 0 aliphatic carbocycles. The van der Waals surface area contributed by atoms with E-state index in [1.165, 1.54) is 0 Å². The summed E-state index contributed by atoms with van der Waals surface area (Å²) >= 11 is 4.96. The number of nitrogens with one attached hydrogen (secondary N) is 1. The molecule has 0 radical (unpaired) electrons.